The van der Waals surface area contributed by atoms with E-state index in [2.05, 4.69) is 0 Å². The van der Waals surface area contributed by atoms with E-state index in [0.717, 1.165) is 12.8 Å². The van der Waals surface area contributed by atoms with Crippen molar-refractivity contribution in [3.05, 3.63) is 29.6 Å². The van der Waals surface area contributed by atoms with Crippen LogP contribution in [0, 0.1) is 5.82 Å². The van der Waals surface area contributed by atoms with Crippen LogP contribution in [-0.4, -0.2) is 11.2 Å². The Labute approximate surface area is 95.1 Å². The molecule has 16 heavy (non-hydrogen) atoms. The Bertz CT molecular complexity index is 357. The van der Waals surface area contributed by atoms with Crippen LogP contribution in [0.4, 0.5) is 4.39 Å². The standard InChI is InChI=1S/C13H17FO2/c1-9(15)12-7-6-10(14)8-13(12)16-11-4-2-3-5-11/h6-9,11,15H,2-5H2,1H3/t9-/m1/s1. The minimum atomic E-state index is -0.628. The van der Waals surface area contributed by atoms with Crippen LogP contribution >= 0.6 is 0 Å². The van der Waals surface area contributed by atoms with Gasteiger partial charge < -0.3 is 9.84 Å². The van der Waals surface area contributed by atoms with Crippen LogP contribution in [0.25, 0.3) is 0 Å². The molecule has 2 rings (SSSR count). The lowest BCUT2D eigenvalue weighted by atomic mass is 10.1. The summed E-state index contributed by atoms with van der Waals surface area (Å²) in [4.78, 5) is 0. The Morgan fingerprint density at radius 2 is 2.06 bits per heavy atom. The van der Waals surface area contributed by atoms with Crippen molar-refractivity contribution < 1.29 is 14.2 Å². The molecule has 0 radical (unpaired) electrons. The molecular formula is C13H17FO2. The normalized spacial score (nSPS) is 18.7. The number of ether oxygens (including phenoxy) is 1. The van der Waals surface area contributed by atoms with Crippen LogP contribution in [0.5, 0.6) is 5.75 Å². The van der Waals surface area contributed by atoms with Crippen molar-refractivity contribution in [3.63, 3.8) is 0 Å². The van der Waals surface area contributed by atoms with Crippen molar-refractivity contribution in [1.29, 1.82) is 0 Å². The second-order valence-electron chi connectivity index (χ2n) is 4.38. The van der Waals surface area contributed by atoms with Crippen LogP contribution < -0.4 is 4.74 Å². The Balaban J connectivity index is 2.19. The van der Waals surface area contributed by atoms with Crippen LogP contribution in [0.3, 0.4) is 0 Å². The second kappa shape index (κ2) is 4.83. The average Bonchev–Trinajstić information content (AvgIpc) is 2.70. The van der Waals surface area contributed by atoms with Gasteiger partial charge in [0.25, 0.3) is 0 Å². The molecule has 1 aromatic rings. The van der Waals surface area contributed by atoms with E-state index in [1.54, 1.807) is 13.0 Å². The lowest BCUT2D eigenvalue weighted by molar-refractivity contribution is 0.173. The summed E-state index contributed by atoms with van der Waals surface area (Å²) in [5, 5.41) is 9.57. The molecule has 1 saturated carbocycles. The summed E-state index contributed by atoms with van der Waals surface area (Å²) in [7, 11) is 0. The monoisotopic (exact) mass is 224 g/mol. The number of aliphatic hydroxyl groups excluding tert-OH is 1. The van der Waals surface area contributed by atoms with Gasteiger partial charge in [0, 0.05) is 11.6 Å². The van der Waals surface area contributed by atoms with Crippen molar-refractivity contribution in [2.24, 2.45) is 0 Å². The maximum atomic E-state index is 13.1. The molecule has 0 amide bonds. The largest absolute Gasteiger partial charge is 0.490 e. The Kier molecular flexibility index (Phi) is 3.44. The third-order valence-corrected chi connectivity index (χ3v) is 3.02. The molecule has 1 N–H and O–H groups in total. The van der Waals surface area contributed by atoms with Crippen molar-refractivity contribution >= 4 is 0 Å². The smallest absolute Gasteiger partial charge is 0.128 e. The number of aliphatic hydroxyl groups is 1. The number of hydrogen-bond donors (Lipinski definition) is 1. The summed E-state index contributed by atoms with van der Waals surface area (Å²) < 4.78 is 18.9. The lowest BCUT2D eigenvalue weighted by Gasteiger charge is -2.17. The Morgan fingerprint density at radius 1 is 1.38 bits per heavy atom. The van der Waals surface area contributed by atoms with Gasteiger partial charge in [-0.05, 0) is 44.7 Å². The van der Waals surface area contributed by atoms with E-state index in [0.29, 0.717) is 11.3 Å². The first-order chi connectivity index (χ1) is 7.66. The van der Waals surface area contributed by atoms with Crippen molar-refractivity contribution in [2.75, 3.05) is 0 Å². The molecular weight excluding hydrogens is 207 g/mol. The maximum Gasteiger partial charge on any atom is 0.128 e. The highest BCUT2D eigenvalue weighted by molar-refractivity contribution is 5.35. The van der Waals surface area contributed by atoms with Gasteiger partial charge >= 0.3 is 0 Å². The van der Waals surface area contributed by atoms with Gasteiger partial charge in [0.05, 0.1) is 12.2 Å². The summed E-state index contributed by atoms with van der Waals surface area (Å²) in [5.74, 6) is 0.166. The molecule has 0 bridgehead atoms. The Morgan fingerprint density at radius 3 is 2.69 bits per heavy atom. The predicted octanol–water partition coefficient (Wildman–Crippen LogP) is 3.20. The topological polar surface area (TPSA) is 29.5 Å². The third kappa shape index (κ3) is 2.53. The fourth-order valence-corrected chi connectivity index (χ4v) is 2.14. The zero-order valence-electron chi connectivity index (χ0n) is 9.45. The highest BCUT2D eigenvalue weighted by Gasteiger charge is 2.19. The molecule has 0 spiro atoms. The minimum absolute atomic E-state index is 0.180. The molecule has 0 saturated heterocycles. The van der Waals surface area contributed by atoms with E-state index in [1.807, 2.05) is 0 Å². The van der Waals surface area contributed by atoms with Gasteiger partial charge in [-0.1, -0.05) is 0 Å². The summed E-state index contributed by atoms with van der Waals surface area (Å²) >= 11 is 0. The first kappa shape index (κ1) is 11.4. The van der Waals surface area contributed by atoms with E-state index in [1.165, 1.54) is 25.0 Å². The summed E-state index contributed by atoms with van der Waals surface area (Å²) in [6, 6.07) is 4.30. The van der Waals surface area contributed by atoms with Crippen molar-refractivity contribution in [2.45, 2.75) is 44.8 Å². The molecule has 1 aliphatic rings. The van der Waals surface area contributed by atoms with E-state index in [4.69, 9.17) is 4.74 Å². The third-order valence-electron chi connectivity index (χ3n) is 3.02. The second-order valence-corrected chi connectivity index (χ2v) is 4.38. The predicted molar refractivity (Wildman–Crippen MR) is 59.9 cm³/mol. The molecule has 3 heteroatoms. The van der Waals surface area contributed by atoms with E-state index < -0.39 is 6.10 Å². The molecule has 1 aromatic carbocycles. The van der Waals surface area contributed by atoms with Crippen LogP contribution in [-0.2, 0) is 0 Å². The average molecular weight is 224 g/mol. The zero-order chi connectivity index (χ0) is 11.5. The molecule has 0 heterocycles. The van der Waals surface area contributed by atoms with Crippen LogP contribution in [0.1, 0.15) is 44.3 Å². The zero-order valence-corrected chi connectivity index (χ0v) is 9.45. The SMILES string of the molecule is C[C@@H](O)c1ccc(F)cc1OC1CCCC1. The number of rotatable bonds is 3. The molecule has 0 aliphatic heterocycles. The van der Waals surface area contributed by atoms with Crippen LogP contribution in [0.2, 0.25) is 0 Å². The van der Waals surface area contributed by atoms with Gasteiger partial charge in [-0.15, -0.1) is 0 Å². The number of halogens is 1. The van der Waals surface area contributed by atoms with Crippen molar-refractivity contribution in [1.82, 2.24) is 0 Å². The van der Waals surface area contributed by atoms with Gasteiger partial charge in [-0.2, -0.15) is 0 Å². The van der Waals surface area contributed by atoms with Crippen molar-refractivity contribution in [3.8, 4) is 5.75 Å². The molecule has 88 valence electrons. The highest BCUT2D eigenvalue weighted by atomic mass is 19.1. The fraction of sp³-hybridized carbons (Fsp3) is 0.538. The minimum Gasteiger partial charge on any atom is -0.490 e. The van der Waals surface area contributed by atoms with Crippen LogP contribution in [0.15, 0.2) is 18.2 Å². The maximum absolute atomic E-state index is 13.1. The summed E-state index contributed by atoms with van der Waals surface area (Å²) in [6.07, 6.45) is 3.94. The quantitative estimate of drug-likeness (QED) is 0.854. The lowest BCUT2D eigenvalue weighted by Crippen LogP contribution is -2.13. The van der Waals surface area contributed by atoms with Gasteiger partial charge in [0.1, 0.15) is 11.6 Å². The molecule has 1 aliphatic carbocycles. The number of benzene rings is 1. The number of hydrogen-bond acceptors (Lipinski definition) is 2. The molecule has 1 fully saturated rings. The molecule has 0 unspecified atom stereocenters. The highest BCUT2D eigenvalue weighted by Crippen LogP contribution is 2.30. The van der Waals surface area contributed by atoms with Gasteiger partial charge in [0.15, 0.2) is 0 Å². The Hall–Kier alpha value is -1.09. The molecule has 0 aromatic heterocycles. The summed E-state index contributed by atoms with van der Waals surface area (Å²) in [5.41, 5.74) is 0.660. The molecule has 1 atom stereocenters. The molecule has 2 nitrogen and oxygen atoms in total. The van der Waals surface area contributed by atoms with E-state index in [-0.39, 0.29) is 11.9 Å². The summed E-state index contributed by atoms with van der Waals surface area (Å²) in [6.45, 7) is 1.66. The first-order valence-electron chi connectivity index (χ1n) is 5.81. The van der Waals surface area contributed by atoms with Gasteiger partial charge in [-0.25, -0.2) is 4.39 Å². The first-order valence-corrected chi connectivity index (χ1v) is 5.81. The van der Waals surface area contributed by atoms with E-state index >= 15 is 0 Å². The van der Waals surface area contributed by atoms with E-state index in [9.17, 15) is 9.50 Å². The van der Waals surface area contributed by atoms with Gasteiger partial charge in [0.2, 0.25) is 0 Å². The fourth-order valence-electron chi connectivity index (χ4n) is 2.14. The van der Waals surface area contributed by atoms with Gasteiger partial charge in [-0.3, -0.25) is 0 Å².